The Morgan fingerprint density at radius 3 is 2.58 bits per heavy atom. The van der Waals surface area contributed by atoms with Crippen molar-refractivity contribution >= 4 is 17.5 Å². The molecule has 8 nitrogen and oxygen atoms in total. The van der Waals surface area contributed by atoms with Crippen molar-refractivity contribution in [2.24, 2.45) is 0 Å². The van der Waals surface area contributed by atoms with Crippen LogP contribution < -0.4 is 5.32 Å². The minimum absolute atomic E-state index is 0.0126. The summed E-state index contributed by atoms with van der Waals surface area (Å²) >= 11 is 0. The van der Waals surface area contributed by atoms with Crippen LogP contribution in [-0.2, 0) is 17.8 Å². The lowest BCUT2D eigenvalue weighted by Gasteiger charge is -2.13. The summed E-state index contributed by atoms with van der Waals surface area (Å²) in [5.41, 5.74) is 5.09. The van der Waals surface area contributed by atoms with Crippen molar-refractivity contribution in [3.05, 3.63) is 76.0 Å². The summed E-state index contributed by atoms with van der Waals surface area (Å²) in [6, 6.07) is 14.1. The number of anilines is 1. The van der Waals surface area contributed by atoms with Gasteiger partial charge in [0, 0.05) is 23.6 Å². The van der Waals surface area contributed by atoms with E-state index in [4.69, 9.17) is 0 Å². The molecule has 0 spiro atoms. The second-order valence-corrected chi connectivity index (χ2v) is 7.62. The second kappa shape index (κ2) is 8.03. The number of aryl methyl sites for hydroxylation is 2. The quantitative estimate of drug-likeness (QED) is 0.541. The third kappa shape index (κ3) is 3.90. The predicted octanol–water partition coefficient (Wildman–Crippen LogP) is 3.26. The van der Waals surface area contributed by atoms with Gasteiger partial charge in [0.1, 0.15) is 11.9 Å². The smallest absolute Gasteiger partial charge is 0.252 e. The molecule has 31 heavy (non-hydrogen) atoms. The number of hydrogen-bond donors (Lipinski definition) is 1. The Kier molecular flexibility index (Phi) is 5.26. The highest BCUT2D eigenvalue weighted by molar-refractivity contribution is 5.93. The average Bonchev–Trinajstić information content (AvgIpc) is 3.23. The Bertz CT molecular complexity index is 1330. The molecule has 0 aliphatic heterocycles. The number of nitrogens with one attached hydrogen (secondary N) is 1. The fraction of sp³-hybridized carbons (Fsp3) is 0.261. The predicted molar refractivity (Wildman–Crippen MR) is 117 cm³/mol. The molecule has 156 valence electrons. The largest absolute Gasteiger partial charge is 0.326 e. The summed E-state index contributed by atoms with van der Waals surface area (Å²) in [4.78, 5) is 21.6. The SMILES string of the molecule is Cc1cc(C)n2nc(CC(=O)Nc3c(C#N)c(C)c(C)n3Cc3ccccc3)nc2n1. The first kappa shape index (κ1) is 20.3. The molecule has 0 unspecified atom stereocenters. The monoisotopic (exact) mass is 413 g/mol. The normalized spacial score (nSPS) is 10.9. The zero-order valence-corrected chi connectivity index (χ0v) is 18.0. The fourth-order valence-corrected chi connectivity index (χ4v) is 3.70. The molecule has 0 radical (unpaired) electrons. The first-order valence-corrected chi connectivity index (χ1v) is 10.0. The van der Waals surface area contributed by atoms with Crippen LogP contribution >= 0.6 is 0 Å². The molecule has 0 fully saturated rings. The van der Waals surface area contributed by atoms with Gasteiger partial charge in [-0.15, -0.1) is 5.10 Å². The number of carbonyl (C=O) groups is 1. The molecule has 4 aromatic rings. The van der Waals surface area contributed by atoms with E-state index in [1.54, 1.807) is 4.52 Å². The van der Waals surface area contributed by atoms with Gasteiger partial charge in [0.2, 0.25) is 5.91 Å². The van der Waals surface area contributed by atoms with Crippen LogP contribution in [0.5, 0.6) is 0 Å². The van der Waals surface area contributed by atoms with Crippen LogP contribution in [0.15, 0.2) is 36.4 Å². The molecule has 8 heteroatoms. The number of carbonyl (C=O) groups excluding carboxylic acids is 1. The van der Waals surface area contributed by atoms with Gasteiger partial charge in [-0.05, 0) is 44.9 Å². The van der Waals surface area contributed by atoms with Crippen LogP contribution in [0.1, 0.15) is 39.6 Å². The number of amides is 1. The molecular weight excluding hydrogens is 390 g/mol. The van der Waals surface area contributed by atoms with E-state index in [2.05, 4.69) is 26.5 Å². The Hall–Kier alpha value is -3.99. The van der Waals surface area contributed by atoms with Crippen LogP contribution in [0.3, 0.4) is 0 Å². The molecule has 3 heterocycles. The first-order valence-electron chi connectivity index (χ1n) is 10.0. The second-order valence-electron chi connectivity index (χ2n) is 7.62. The maximum atomic E-state index is 12.9. The number of nitriles is 1. The number of rotatable bonds is 5. The molecule has 0 aliphatic rings. The molecule has 0 saturated heterocycles. The van der Waals surface area contributed by atoms with Gasteiger partial charge in [-0.2, -0.15) is 10.2 Å². The van der Waals surface area contributed by atoms with Crippen LogP contribution in [0, 0.1) is 39.0 Å². The van der Waals surface area contributed by atoms with E-state index in [-0.39, 0.29) is 12.3 Å². The molecule has 0 aliphatic carbocycles. The third-order valence-electron chi connectivity index (χ3n) is 5.36. The summed E-state index contributed by atoms with van der Waals surface area (Å²) in [7, 11) is 0. The van der Waals surface area contributed by atoms with Gasteiger partial charge in [0.15, 0.2) is 5.82 Å². The number of hydrogen-bond acceptors (Lipinski definition) is 5. The maximum Gasteiger partial charge on any atom is 0.252 e. The highest BCUT2D eigenvalue weighted by Gasteiger charge is 2.21. The summed E-state index contributed by atoms with van der Waals surface area (Å²) in [5.74, 6) is 1.07. The Labute approximate surface area is 180 Å². The van der Waals surface area contributed by atoms with Gasteiger partial charge in [-0.3, -0.25) is 4.79 Å². The summed E-state index contributed by atoms with van der Waals surface area (Å²) < 4.78 is 3.59. The third-order valence-corrected chi connectivity index (χ3v) is 5.36. The molecule has 1 N–H and O–H groups in total. The highest BCUT2D eigenvalue weighted by Crippen LogP contribution is 2.27. The van der Waals surface area contributed by atoms with Gasteiger partial charge < -0.3 is 9.88 Å². The molecule has 0 atom stereocenters. The van der Waals surface area contributed by atoms with Gasteiger partial charge in [-0.1, -0.05) is 30.3 Å². The fourth-order valence-electron chi connectivity index (χ4n) is 3.70. The Morgan fingerprint density at radius 2 is 1.87 bits per heavy atom. The molecule has 0 saturated carbocycles. The number of fused-ring (bicyclic) bond motifs is 1. The van der Waals surface area contributed by atoms with E-state index in [0.29, 0.717) is 29.5 Å². The minimum atomic E-state index is -0.284. The van der Waals surface area contributed by atoms with Crippen molar-refractivity contribution in [1.29, 1.82) is 5.26 Å². The van der Waals surface area contributed by atoms with Crippen molar-refractivity contribution in [1.82, 2.24) is 24.1 Å². The maximum absolute atomic E-state index is 12.9. The van der Waals surface area contributed by atoms with Crippen molar-refractivity contribution in [2.45, 2.75) is 40.7 Å². The topological polar surface area (TPSA) is 101 Å². The standard InChI is InChI=1S/C23H23N7O/c1-14-10-15(2)30-23(25-14)26-20(28-30)11-21(31)27-22-19(12-24)16(3)17(4)29(22)13-18-8-6-5-7-9-18/h5-10H,11,13H2,1-4H3,(H,27,31). The zero-order valence-electron chi connectivity index (χ0n) is 18.0. The van der Waals surface area contributed by atoms with Crippen LogP contribution in [0.4, 0.5) is 5.82 Å². The average molecular weight is 413 g/mol. The van der Waals surface area contributed by atoms with Crippen LogP contribution in [-0.4, -0.2) is 30.1 Å². The highest BCUT2D eigenvalue weighted by atomic mass is 16.1. The summed E-state index contributed by atoms with van der Waals surface area (Å²) in [5, 5.41) is 17.0. The first-order chi connectivity index (χ1) is 14.9. The molecule has 1 amide bonds. The molecule has 3 aromatic heterocycles. The number of benzene rings is 1. The van der Waals surface area contributed by atoms with Crippen LogP contribution in [0.2, 0.25) is 0 Å². The van der Waals surface area contributed by atoms with E-state index in [0.717, 1.165) is 28.2 Å². The Morgan fingerprint density at radius 1 is 1.13 bits per heavy atom. The molecule has 0 bridgehead atoms. The van der Waals surface area contributed by atoms with Gasteiger partial charge in [0.05, 0.1) is 12.0 Å². The van der Waals surface area contributed by atoms with Crippen molar-refractivity contribution in [3.63, 3.8) is 0 Å². The van der Waals surface area contributed by atoms with Gasteiger partial charge >= 0.3 is 0 Å². The van der Waals surface area contributed by atoms with Crippen molar-refractivity contribution in [2.75, 3.05) is 5.32 Å². The number of nitrogens with zero attached hydrogens (tertiary/aromatic N) is 6. The number of aromatic nitrogens is 5. The van der Waals surface area contributed by atoms with Gasteiger partial charge in [-0.25, -0.2) is 9.50 Å². The van der Waals surface area contributed by atoms with E-state index in [9.17, 15) is 10.1 Å². The molecule has 4 rings (SSSR count). The van der Waals surface area contributed by atoms with E-state index >= 15 is 0 Å². The van der Waals surface area contributed by atoms with Gasteiger partial charge in [0.25, 0.3) is 5.78 Å². The van der Waals surface area contributed by atoms with E-state index < -0.39 is 0 Å². The van der Waals surface area contributed by atoms with Crippen LogP contribution in [0.25, 0.3) is 5.78 Å². The lowest BCUT2D eigenvalue weighted by Crippen LogP contribution is -2.19. The van der Waals surface area contributed by atoms with E-state index in [1.807, 2.05) is 68.7 Å². The minimum Gasteiger partial charge on any atom is -0.326 e. The Balaban J connectivity index is 1.62. The van der Waals surface area contributed by atoms with E-state index in [1.165, 1.54) is 0 Å². The summed E-state index contributed by atoms with van der Waals surface area (Å²) in [6.45, 7) is 8.21. The van der Waals surface area contributed by atoms with Crippen molar-refractivity contribution in [3.8, 4) is 6.07 Å². The molecule has 1 aromatic carbocycles. The summed E-state index contributed by atoms with van der Waals surface area (Å²) in [6.07, 6.45) is -0.0126. The zero-order chi connectivity index (χ0) is 22.1. The lowest BCUT2D eigenvalue weighted by atomic mass is 10.2. The van der Waals surface area contributed by atoms with Crippen molar-refractivity contribution < 1.29 is 4.79 Å². The lowest BCUT2D eigenvalue weighted by molar-refractivity contribution is -0.115. The molecular formula is C23H23N7O.